The smallest absolute Gasteiger partial charge is 0.231 e. The van der Waals surface area contributed by atoms with Crippen LogP contribution >= 0.6 is 0 Å². The van der Waals surface area contributed by atoms with Crippen LogP contribution in [-0.4, -0.2) is 28.3 Å². The summed E-state index contributed by atoms with van der Waals surface area (Å²) in [5.74, 6) is -0.0378. The van der Waals surface area contributed by atoms with Crippen LogP contribution in [0.25, 0.3) is 10.9 Å². The van der Waals surface area contributed by atoms with Crippen molar-refractivity contribution in [3.63, 3.8) is 0 Å². The standard InChI is InChI=1S/C14H14FN3O2/c15-7-1-3-9-11(5-7)17-18-13(9)16-14(19)10-6-8-2-4-12(10)20-8/h1,3,5,8,10,12H,2,4,6H2,(H2,16,17,18,19). The maximum atomic E-state index is 13.1. The van der Waals surface area contributed by atoms with E-state index in [0.29, 0.717) is 16.7 Å². The topological polar surface area (TPSA) is 67.0 Å². The van der Waals surface area contributed by atoms with E-state index in [-0.39, 0.29) is 29.9 Å². The fourth-order valence-corrected chi connectivity index (χ4v) is 3.21. The van der Waals surface area contributed by atoms with Crippen molar-refractivity contribution in [3.05, 3.63) is 24.0 Å². The highest BCUT2D eigenvalue weighted by Gasteiger charge is 2.44. The van der Waals surface area contributed by atoms with Crippen molar-refractivity contribution in [2.24, 2.45) is 5.92 Å². The quantitative estimate of drug-likeness (QED) is 0.883. The van der Waals surface area contributed by atoms with Crippen molar-refractivity contribution in [3.8, 4) is 0 Å². The normalized spacial score (nSPS) is 28.1. The van der Waals surface area contributed by atoms with Crippen molar-refractivity contribution in [1.82, 2.24) is 10.2 Å². The van der Waals surface area contributed by atoms with Crippen molar-refractivity contribution in [2.75, 3.05) is 5.32 Å². The summed E-state index contributed by atoms with van der Waals surface area (Å²) in [6.45, 7) is 0. The van der Waals surface area contributed by atoms with Crippen LogP contribution in [0.3, 0.4) is 0 Å². The number of H-pyrrole nitrogens is 1. The second-order valence-corrected chi connectivity index (χ2v) is 5.47. The zero-order valence-electron chi connectivity index (χ0n) is 10.7. The van der Waals surface area contributed by atoms with Crippen LogP contribution in [0.4, 0.5) is 10.2 Å². The summed E-state index contributed by atoms with van der Waals surface area (Å²) in [6.07, 6.45) is 3.07. The number of halogens is 1. The number of carbonyl (C=O) groups excluding carboxylic acids is 1. The molecule has 6 heteroatoms. The number of anilines is 1. The molecule has 1 aromatic carbocycles. The number of rotatable bonds is 2. The van der Waals surface area contributed by atoms with Crippen LogP contribution in [-0.2, 0) is 9.53 Å². The molecular formula is C14H14FN3O2. The number of ether oxygens (including phenoxy) is 1. The summed E-state index contributed by atoms with van der Waals surface area (Å²) >= 11 is 0. The van der Waals surface area contributed by atoms with Gasteiger partial charge in [-0.1, -0.05) is 0 Å². The van der Waals surface area contributed by atoms with E-state index >= 15 is 0 Å². The minimum Gasteiger partial charge on any atom is -0.374 e. The molecule has 104 valence electrons. The van der Waals surface area contributed by atoms with Gasteiger partial charge in [-0.15, -0.1) is 0 Å². The van der Waals surface area contributed by atoms with Crippen LogP contribution in [0.15, 0.2) is 18.2 Å². The van der Waals surface area contributed by atoms with Gasteiger partial charge in [0.05, 0.1) is 23.6 Å². The highest BCUT2D eigenvalue weighted by molar-refractivity contribution is 6.00. The average Bonchev–Trinajstić information content (AvgIpc) is 3.13. The second kappa shape index (κ2) is 4.28. The third-order valence-electron chi connectivity index (χ3n) is 4.21. The van der Waals surface area contributed by atoms with Gasteiger partial charge in [0.1, 0.15) is 5.82 Å². The molecule has 3 unspecified atom stereocenters. The minimum absolute atomic E-state index is 0.0441. The van der Waals surface area contributed by atoms with Crippen LogP contribution in [0, 0.1) is 11.7 Å². The molecule has 0 saturated carbocycles. The molecule has 5 nitrogen and oxygen atoms in total. The lowest BCUT2D eigenvalue weighted by atomic mass is 9.88. The van der Waals surface area contributed by atoms with E-state index in [2.05, 4.69) is 15.5 Å². The summed E-state index contributed by atoms with van der Waals surface area (Å²) in [7, 11) is 0. The van der Waals surface area contributed by atoms with E-state index in [9.17, 15) is 9.18 Å². The van der Waals surface area contributed by atoms with Gasteiger partial charge in [0.15, 0.2) is 5.82 Å². The number of aromatic amines is 1. The molecule has 0 radical (unpaired) electrons. The maximum absolute atomic E-state index is 13.1. The number of amides is 1. The first-order chi connectivity index (χ1) is 9.70. The molecule has 0 aliphatic carbocycles. The molecule has 2 N–H and O–H groups in total. The highest BCUT2D eigenvalue weighted by Crippen LogP contribution is 2.39. The molecule has 2 aliphatic rings. The molecule has 3 atom stereocenters. The van der Waals surface area contributed by atoms with E-state index in [1.807, 2.05) is 0 Å². The fraction of sp³-hybridized carbons (Fsp3) is 0.429. The number of fused-ring (bicyclic) bond motifs is 3. The molecule has 2 bridgehead atoms. The Kier molecular flexibility index (Phi) is 2.53. The molecule has 3 heterocycles. The summed E-state index contributed by atoms with van der Waals surface area (Å²) in [5.41, 5.74) is 0.574. The lowest BCUT2D eigenvalue weighted by molar-refractivity contribution is -0.121. The van der Waals surface area contributed by atoms with Gasteiger partial charge in [-0.3, -0.25) is 9.89 Å². The summed E-state index contributed by atoms with van der Waals surface area (Å²) < 4.78 is 18.8. The van der Waals surface area contributed by atoms with Crippen LogP contribution < -0.4 is 5.32 Å². The van der Waals surface area contributed by atoms with E-state index in [1.165, 1.54) is 12.1 Å². The zero-order chi connectivity index (χ0) is 13.7. The second-order valence-electron chi connectivity index (χ2n) is 5.47. The Labute approximate surface area is 114 Å². The monoisotopic (exact) mass is 275 g/mol. The fourth-order valence-electron chi connectivity index (χ4n) is 3.21. The van der Waals surface area contributed by atoms with Gasteiger partial charge in [0.25, 0.3) is 0 Å². The number of benzene rings is 1. The van der Waals surface area contributed by atoms with Crippen LogP contribution in [0.2, 0.25) is 0 Å². The lowest BCUT2D eigenvalue weighted by Gasteiger charge is -2.17. The number of carbonyl (C=O) groups is 1. The minimum atomic E-state index is -0.333. The van der Waals surface area contributed by atoms with E-state index in [0.717, 1.165) is 19.3 Å². The summed E-state index contributed by atoms with van der Waals surface area (Å²) in [4.78, 5) is 12.3. The van der Waals surface area contributed by atoms with Crippen molar-refractivity contribution in [1.29, 1.82) is 0 Å². The highest BCUT2D eigenvalue weighted by atomic mass is 19.1. The Bertz CT molecular complexity index is 684. The summed E-state index contributed by atoms with van der Waals surface area (Å²) in [6, 6.07) is 4.33. The van der Waals surface area contributed by atoms with Crippen molar-refractivity contribution < 1.29 is 13.9 Å². The van der Waals surface area contributed by atoms with E-state index in [1.54, 1.807) is 6.07 Å². The first-order valence-corrected chi connectivity index (χ1v) is 6.80. The Morgan fingerprint density at radius 1 is 1.45 bits per heavy atom. The molecule has 1 amide bonds. The van der Waals surface area contributed by atoms with Gasteiger partial charge < -0.3 is 10.1 Å². The number of hydrogen-bond acceptors (Lipinski definition) is 3. The van der Waals surface area contributed by atoms with Gasteiger partial charge in [-0.25, -0.2) is 4.39 Å². The Hall–Kier alpha value is -1.95. The lowest BCUT2D eigenvalue weighted by Crippen LogP contribution is -2.30. The SMILES string of the molecule is O=C(Nc1n[nH]c2cc(F)ccc12)C1CC2CCC1O2. The first-order valence-electron chi connectivity index (χ1n) is 6.80. The van der Waals surface area contributed by atoms with Gasteiger partial charge in [-0.2, -0.15) is 5.10 Å². The number of nitrogens with one attached hydrogen (secondary N) is 2. The third kappa shape index (κ3) is 1.79. The zero-order valence-corrected chi connectivity index (χ0v) is 10.7. The Balaban J connectivity index is 1.57. The number of hydrogen-bond donors (Lipinski definition) is 2. The molecule has 4 rings (SSSR count). The molecule has 2 aromatic rings. The molecular weight excluding hydrogens is 261 g/mol. The predicted molar refractivity (Wildman–Crippen MR) is 70.7 cm³/mol. The molecule has 20 heavy (non-hydrogen) atoms. The van der Waals surface area contributed by atoms with Crippen LogP contribution in [0.5, 0.6) is 0 Å². The first kappa shape index (κ1) is 11.8. The van der Waals surface area contributed by atoms with Crippen molar-refractivity contribution >= 4 is 22.6 Å². The van der Waals surface area contributed by atoms with Gasteiger partial charge in [0.2, 0.25) is 5.91 Å². The molecule has 2 saturated heterocycles. The Morgan fingerprint density at radius 2 is 2.35 bits per heavy atom. The van der Waals surface area contributed by atoms with Gasteiger partial charge in [-0.05, 0) is 37.5 Å². The molecule has 2 aliphatic heterocycles. The largest absolute Gasteiger partial charge is 0.374 e. The number of nitrogens with zero attached hydrogens (tertiary/aromatic N) is 1. The summed E-state index contributed by atoms with van der Waals surface area (Å²) in [5, 5.41) is 10.3. The molecule has 0 spiro atoms. The number of aromatic nitrogens is 2. The Morgan fingerprint density at radius 3 is 3.10 bits per heavy atom. The van der Waals surface area contributed by atoms with Crippen molar-refractivity contribution in [2.45, 2.75) is 31.5 Å². The average molecular weight is 275 g/mol. The van der Waals surface area contributed by atoms with Gasteiger partial charge >= 0.3 is 0 Å². The van der Waals surface area contributed by atoms with E-state index < -0.39 is 0 Å². The maximum Gasteiger partial charge on any atom is 0.231 e. The third-order valence-corrected chi connectivity index (χ3v) is 4.21. The van der Waals surface area contributed by atoms with Gasteiger partial charge in [0, 0.05) is 5.39 Å². The van der Waals surface area contributed by atoms with Crippen LogP contribution in [0.1, 0.15) is 19.3 Å². The van der Waals surface area contributed by atoms with E-state index in [4.69, 9.17) is 4.74 Å². The predicted octanol–water partition coefficient (Wildman–Crippen LogP) is 2.21. The molecule has 2 fully saturated rings. The molecule has 1 aromatic heterocycles.